The van der Waals surface area contributed by atoms with Crippen LogP contribution in [0.25, 0.3) is 0 Å². The summed E-state index contributed by atoms with van der Waals surface area (Å²) in [6.45, 7) is 7.47. The standard InChI is InChI=1S/C15H20N2S/c1-11-7-12(16)9-13(8-11)17-10-15(2,3)14-5-4-6-18-14/h4-9,17H,10,16H2,1-3H3. The molecule has 0 radical (unpaired) electrons. The second kappa shape index (κ2) is 5.02. The number of benzene rings is 1. The molecule has 0 amide bonds. The highest BCUT2D eigenvalue weighted by Crippen LogP contribution is 2.28. The van der Waals surface area contributed by atoms with Crippen molar-refractivity contribution in [3.63, 3.8) is 0 Å². The molecule has 18 heavy (non-hydrogen) atoms. The first kappa shape index (κ1) is 13.0. The second-order valence-corrected chi connectivity index (χ2v) is 6.29. The van der Waals surface area contributed by atoms with E-state index in [-0.39, 0.29) is 5.41 Å². The van der Waals surface area contributed by atoms with Crippen molar-refractivity contribution in [3.05, 3.63) is 46.2 Å². The topological polar surface area (TPSA) is 38.0 Å². The van der Waals surface area contributed by atoms with Crippen molar-refractivity contribution in [3.8, 4) is 0 Å². The molecule has 1 aromatic carbocycles. The van der Waals surface area contributed by atoms with Crippen LogP contribution in [0.15, 0.2) is 35.7 Å². The molecule has 0 unspecified atom stereocenters. The minimum Gasteiger partial charge on any atom is -0.399 e. The van der Waals surface area contributed by atoms with Crippen LogP contribution >= 0.6 is 11.3 Å². The fourth-order valence-corrected chi connectivity index (χ4v) is 2.84. The molecule has 3 heteroatoms. The quantitative estimate of drug-likeness (QED) is 0.815. The van der Waals surface area contributed by atoms with Crippen LogP contribution in [0.4, 0.5) is 11.4 Å². The van der Waals surface area contributed by atoms with Gasteiger partial charge in [-0.15, -0.1) is 11.3 Å². The molecule has 1 aromatic heterocycles. The van der Waals surface area contributed by atoms with Crippen molar-refractivity contribution in [2.45, 2.75) is 26.2 Å². The van der Waals surface area contributed by atoms with Crippen LogP contribution in [0.5, 0.6) is 0 Å². The highest BCUT2D eigenvalue weighted by molar-refractivity contribution is 7.10. The van der Waals surface area contributed by atoms with Gasteiger partial charge in [-0.2, -0.15) is 0 Å². The van der Waals surface area contributed by atoms with Gasteiger partial charge in [0, 0.05) is 28.2 Å². The van der Waals surface area contributed by atoms with Crippen molar-refractivity contribution in [2.75, 3.05) is 17.6 Å². The van der Waals surface area contributed by atoms with Gasteiger partial charge in [-0.05, 0) is 42.1 Å². The third-order valence-electron chi connectivity index (χ3n) is 3.02. The number of nitrogen functional groups attached to an aromatic ring is 1. The monoisotopic (exact) mass is 260 g/mol. The van der Waals surface area contributed by atoms with E-state index in [1.54, 1.807) is 11.3 Å². The van der Waals surface area contributed by atoms with E-state index >= 15 is 0 Å². The summed E-state index contributed by atoms with van der Waals surface area (Å²) in [6, 6.07) is 10.4. The van der Waals surface area contributed by atoms with Gasteiger partial charge >= 0.3 is 0 Å². The molecule has 0 saturated carbocycles. The minimum atomic E-state index is 0.132. The zero-order chi connectivity index (χ0) is 13.2. The molecular weight excluding hydrogens is 240 g/mol. The Bertz CT molecular complexity index is 495. The van der Waals surface area contributed by atoms with Crippen LogP contribution in [-0.2, 0) is 5.41 Å². The summed E-state index contributed by atoms with van der Waals surface area (Å²) in [4.78, 5) is 1.40. The molecule has 0 fully saturated rings. The number of anilines is 2. The molecule has 0 bridgehead atoms. The summed E-state index contributed by atoms with van der Waals surface area (Å²) >= 11 is 1.81. The van der Waals surface area contributed by atoms with E-state index in [1.165, 1.54) is 10.4 Å². The van der Waals surface area contributed by atoms with Gasteiger partial charge in [0.15, 0.2) is 0 Å². The largest absolute Gasteiger partial charge is 0.399 e. The zero-order valence-electron chi connectivity index (χ0n) is 11.2. The summed E-state index contributed by atoms with van der Waals surface area (Å²) in [5.41, 5.74) is 9.08. The van der Waals surface area contributed by atoms with Crippen LogP contribution in [0.2, 0.25) is 0 Å². The van der Waals surface area contributed by atoms with E-state index in [0.717, 1.165) is 17.9 Å². The highest BCUT2D eigenvalue weighted by Gasteiger charge is 2.21. The van der Waals surface area contributed by atoms with Gasteiger partial charge in [0.2, 0.25) is 0 Å². The summed E-state index contributed by atoms with van der Waals surface area (Å²) < 4.78 is 0. The van der Waals surface area contributed by atoms with Crippen LogP contribution < -0.4 is 11.1 Å². The lowest BCUT2D eigenvalue weighted by Crippen LogP contribution is -2.26. The smallest absolute Gasteiger partial charge is 0.0363 e. The van der Waals surface area contributed by atoms with Crippen LogP contribution in [0, 0.1) is 6.92 Å². The van der Waals surface area contributed by atoms with E-state index in [4.69, 9.17) is 5.73 Å². The minimum absolute atomic E-state index is 0.132. The average Bonchev–Trinajstić information content (AvgIpc) is 2.79. The van der Waals surface area contributed by atoms with Crippen LogP contribution in [-0.4, -0.2) is 6.54 Å². The molecule has 2 aromatic rings. The van der Waals surface area contributed by atoms with Crippen LogP contribution in [0.1, 0.15) is 24.3 Å². The maximum Gasteiger partial charge on any atom is 0.0363 e. The Hall–Kier alpha value is -1.48. The number of rotatable bonds is 4. The lowest BCUT2D eigenvalue weighted by Gasteiger charge is -2.24. The molecule has 0 aliphatic rings. The van der Waals surface area contributed by atoms with Crippen molar-refractivity contribution >= 4 is 22.7 Å². The molecule has 0 aliphatic carbocycles. The maximum absolute atomic E-state index is 5.86. The SMILES string of the molecule is Cc1cc(N)cc(NCC(C)(C)c2cccs2)c1. The third-order valence-corrected chi connectivity index (χ3v) is 4.26. The predicted octanol–water partition coefficient (Wildman–Crippen LogP) is 4.03. The first-order chi connectivity index (χ1) is 8.47. The van der Waals surface area contributed by atoms with Gasteiger partial charge < -0.3 is 11.1 Å². The normalized spacial score (nSPS) is 11.5. The lowest BCUT2D eigenvalue weighted by molar-refractivity contribution is 0.569. The Balaban J connectivity index is 2.07. The predicted molar refractivity (Wildman–Crippen MR) is 81.4 cm³/mol. The van der Waals surface area contributed by atoms with E-state index in [1.807, 2.05) is 12.1 Å². The third kappa shape index (κ3) is 3.05. The molecule has 3 N–H and O–H groups in total. The Morgan fingerprint density at radius 2 is 2.06 bits per heavy atom. The number of thiophene rings is 1. The number of aryl methyl sites for hydroxylation is 1. The first-order valence-electron chi connectivity index (χ1n) is 6.12. The number of nitrogens with two attached hydrogens (primary N) is 1. The highest BCUT2D eigenvalue weighted by atomic mass is 32.1. The summed E-state index contributed by atoms with van der Waals surface area (Å²) in [6.07, 6.45) is 0. The molecule has 1 heterocycles. The Labute approximate surface area is 113 Å². The van der Waals surface area contributed by atoms with Gasteiger partial charge in [-0.1, -0.05) is 19.9 Å². The molecule has 96 valence electrons. The van der Waals surface area contributed by atoms with Gasteiger partial charge in [-0.25, -0.2) is 0 Å². The zero-order valence-corrected chi connectivity index (χ0v) is 12.0. The summed E-state index contributed by atoms with van der Waals surface area (Å²) in [5, 5.41) is 5.61. The van der Waals surface area contributed by atoms with Gasteiger partial charge in [0.25, 0.3) is 0 Å². The Kier molecular flexibility index (Phi) is 3.62. The van der Waals surface area contributed by atoms with Gasteiger partial charge in [0.05, 0.1) is 0 Å². The first-order valence-corrected chi connectivity index (χ1v) is 7.00. The fraction of sp³-hybridized carbons (Fsp3) is 0.333. The van der Waals surface area contributed by atoms with Crippen molar-refractivity contribution in [2.24, 2.45) is 0 Å². The lowest BCUT2D eigenvalue weighted by atomic mass is 9.91. The molecule has 2 rings (SSSR count). The number of nitrogens with one attached hydrogen (secondary N) is 1. The number of hydrogen-bond acceptors (Lipinski definition) is 3. The number of hydrogen-bond donors (Lipinski definition) is 2. The van der Waals surface area contributed by atoms with E-state index in [0.29, 0.717) is 0 Å². The van der Waals surface area contributed by atoms with Gasteiger partial charge in [-0.3, -0.25) is 0 Å². The molecular formula is C15H20N2S. The fourth-order valence-electron chi connectivity index (χ4n) is 1.99. The van der Waals surface area contributed by atoms with Crippen LogP contribution in [0.3, 0.4) is 0 Å². The molecule has 2 nitrogen and oxygen atoms in total. The second-order valence-electron chi connectivity index (χ2n) is 5.35. The van der Waals surface area contributed by atoms with E-state index in [2.05, 4.69) is 49.7 Å². The van der Waals surface area contributed by atoms with Crippen molar-refractivity contribution < 1.29 is 0 Å². The molecule has 0 saturated heterocycles. The molecule has 0 aliphatic heterocycles. The Morgan fingerprint density at radius 1 is 1.28 bits per heavy atom. The average molecular weight is 260 g/mol. The van der Waals surface area contributed by atoms with Gasteiger partial charge in [0.1, 0.15) is 0 Å². The summed E-state index contributed by atoms with van der Waals surface area (Å²) in [7, 11) is 0. The molecule has 0 spiro atoms. The summed E-state index contributed by atoms with van der Waals surface area (Å²) in [5.74, 6) is 0. The van der Waals surface area contributed by atoms with Crippen molar-refractivity contribution in [1.82, 2.24) is 0 Å². The molecule has 0 atom stereocenters. The van der Waals surface area contributed by atoms with E-state index < -0.39 is 0 Å². The van der Waals surface area contributed by atoms with Crippen molar-refractivity contribution in [1.29, 1.82) is 0 Å². The Morgan fingerprint density at radius 3 is 2.67 bits per heavy atom. The van der Waals surface area contributed by atoms with E-state index in [9.17, 15) is 0 Å². The maximum atomic E-state index is 5.86.